The molecule has 4 heteroatoms. The predicted octanol–water partition coefficient (Wildman–Crippen LogP) is 0.612. The minimum atomic E-state index is -0.174. The van der Waals surface area contributed by atoms with Gasteiger partial charge in [-0.15, -0.1) is 0 Å². The van der Waals surface area contributed by atoms with E-state index in [0.29, 0.717) is 0 Å². The highest BCUT2D eigenvalue weighted by Crippen LogP contribution is 2.29. The first kappa shape index (κ1) is 12.8. The lowest BCUT2D eigenvalue weighted by atomic mass is 9.86. The number of rotatable bonds is 2. The Kier molecular flexibility index (Phi) is 4.03. The van der Waals surface area contributed by atoms with Gasteiger partial charge in [-0.05, 0) is 26.4 Å². The van der Waals surface area contributed by atoms with Crippen molar-refractivity contribution in [1.82, 2.24) is 14.7 Å². The van der Waals surface area contributed by atoms with Gasteiger partial charge in [0.25, 0.3) is 0 Å². The van der Waals surface area contributed by atoms with Crippen LogP contribution in [0.25, 0.3) is 0 Å². The van der Waals surface area contributed by atoms with Crippen LogP contribution in [-0.2, 0) is 0 Å². The van der Waals surface area contributed by atoms with Crippen LogP contribution in [0.4, 0.5) is 0 Å². The molecule has 0 bridgehead atoms. The first-order valence-electron chi connectivity index (χ1n) is 6.77. The number of piperidine rings is 1. The second-order valence-electron chi connectivity index (χ2n) is 5.37. The summed E-state index contributed by atoms with van der Waals surface area (Å²) >= 11 is 0. The summed E-state index contributed by atoms with van der Waals surface area (Å²) in [5.41, 5.74) is -0.174. The van der Waals surface area contributed by atoms with E-state index in [9.17, 15) is 5.26 Å². The van der Waals surface area contributed by atoms with Crippen LogP contribution in [0.2, 0.25) is 0 Å². The fourth-order valence-electron chi connectivity index (χ4n) is 2.97. The number of hydrogen-bond donors (Lipinski definition) is 0. The molecular weight excluding hydrogens is 212 g/mol. The third-order valence-corrected chi connectivity index (χ3v) is 4.45. The van der Waals surface area contributed by atoms with Gasteiger partial charge in [0.05, 0.1) is 6.07 Å². The number of likely N-dealkylation sites (N-methyl/N-ethyl adjacent to an activating group) is 1. The van der Waals surface area contributed by atoms with Gasteiger partial charge in [-0.3, -0.25) is 4.90 Å². The van der Waals surface area contributed by atoms with Crippen molar-refractivity contribution in [2.75, 3.05) is 52.9 Å². The zero-order valence-corrected chi connectivity index (χ0v) is 11.2. The zero-order chi connectivity index (χ0) is 12.3. The molecule has 2 rings (SSSR count). The standard InChI is InChI=1S/C13H24N4/c1-3-16-6-4-13(12-14,5-7-16)17-10-8-15(2)9-11-17/h3-11H2,1-2H3. The summed E-state index contributed by atoms with van der Waals surface area (Å²) in [7, 11) is 2.16. The quantitative estimate of drug-likeness (QED) is 0.703. The molecule has 2 heterocycles. The Labute approximate surface area is 105 Å². The van der Waals surface area contributed by atoms with E-state index in [2.05, 4.69) is 34.7 Å². The third-order valence-electron chi connectivity index (χ3n) is 4.45. The topological polar surface area (TPSA) is 33.5 Å². The van der Waals surface area contributed by atoms with Gasteiger partial charge in [-0.2, -0.15) is 5.26 Å². The normalized spacial score (nSPS) is 27.8. The fourth-order valence-corrected chi connectivity index (χ4v) is 2.97. The molecule has 2 fully saturated rings. The molecule has 0 atom stereocenters. The van der Waals surface area contributed by atoms with Crippen LogP contribution in [-0.4, -0.2) is 73.1 Å². The van der Waals surface area contributed by atoms with Crippen molar-refractivity contribution in [2.24, 2.45) is 0 Å². The first-order valence-corrected chi connectivity index (χ1v) is 6.77. The second-order valence-corrected chi connectivity index (χ2v) is 5.37. The molecule has 0 amide bonds. The molecule has 0 spiro atoms. The average Bonchev–Trinajstić information content (AvgIpc) is 2.40. The van der Waals surface area contributed by atoms with E-state index in [4.69, 9.17) is 0 Å². The average molecular weight is 236 g/mol. The highest BCUT2D eigenvalue weighted by atomic mass is 15.3. The Morgan fingerprint density at radius 2 is 1.65 bits per heavy atom. The zero-order valence-electron chi connectivity index (χ0n) is 11.2. The minimum absolute atomic E-state index is 0.174. The van der Waals surface area contributed by atoms with Gasteiger partial charge in [0.1, 0.15) is 5.54 Å². The Balaban J connectivity index is 1.99. The second kappa shape index (κ2) is 5.34. The maximum atomic E-state index is 9.59. The summed E-state index contributed by atoms with van der Waals surface area (Å²) in [5, 5.41) is 9.59. The molecule has 0 aromatic heterocycles. The Morgan fingerprint density at radius 1 is 1.06 bits per heavy atom. The van der Waals surface area contributed by atoms with Crippen LogP contribution in [0, 0.1) is 11.3 Å². The lowest BCUT2D eigenvalue weighted by molar-refractivity contribution is 0.0290. The van der Waals surface area contributed by atoms with Crippen molar-refractivity contribution in [2.45, 2.75) is 25.3 Å². The molecular formula is C13H24N4. The summed E-state index contributed by atoms with van der Waals surface area (Å²) in [6.45, 7) is 9.78. The van der Waals surface area contributed by atoms with E-state index in [0.717, 1.165) is 58.7 Å². The van der Waals surface area contributed by atoms with Crippen molar-refractivity contribution in [3.63, 3.8) is 0 Å². The van der Waals surface area contributed by atoms with Crippen LogP contribution < -0.4 is 0 Å². The molecule has 0 radical (unpaired) electrons. The fraction of sp³-hybridized carbons (Fsp3) is 0.923. The molecule has 2 aliphatic rings. The molecule has 4 nitrogen and oxygen atoms in total. The van der Waals surface area contributed by atoms with Crippen LogP contribution in [0.1, 0.15) is 19.8 Å². The summed E-state index contributed by atoms with van der Waals surface area (Å²) in [6, 6.07) is 2.63. The highest BCUT2D eigenvalue weighted by molar-refractivity contribution is 5.11. The van der Waals surface area contributed by atoms with Gasteiger partial charge >= 0.3 is 0 Å². The van der Waals surface area contributed by atoms with Gasteiger partial charge in [0.15, 0.2) is 0 Å². The van der Waals surface area contributed by atoms with Crippen molar-refractivity contribution in [3.8, 4) is 6.07 Å². The largest absolute Gasteiger partial charge is 0.304 e. The van der Waals surface area contributed by atoms with Crippen LogP contribution in [0.15, 0.2) is 0 Å². The van der Waals surface area contributed by atoms with Crippen molar-refractivity contribution < 1.29 is 0 Å². The summed E-state index contributed by atoms with van der Waals surface area (Å²) in [5.74, 6) is 0. The van der Waals surface area contributed by atoms with Crippen LogP contribution in [0.3, 0.4) is 0 Å². The molecule has 0 aliphatic carbocycles. The van der Waals surface area contributed by atoms with Crippen LogP contribution in [0.5, 0.6) is 0 Å². The molecule has 17 heavy (non-hydrogen) atoms. The predicted molar refractivity (Wildman–Crippen MR) is 68.8 cm³/mol. The van der Waals surface area contributed by atoms with Crippen molar-refractivity contribution in [3.05, 3.63) is 0 Å². The summed E-state index contributed by atoms with van der Waals surface area (Å²) in [4.78, 5) is 7.23. The van der Waals surface area contributed by atoms with Gasteiger partial charge in [-0.1, -0.05) is 6.92 Å². The highest BCUT2D eigenvalue weighted by Gasteiger charge is 2.40. The maximum absolute atomic E-state index is 9.59. The van der Waals surface area contributed by atoms with E-state index in [-0.39, 0.29) is 5.54 Å². The maximum Gasteiger partial charge on any atom is 0.111 e. The molecule has 96 valence electrons. The smallest absolute Gasteiger partial charge is 0.111 e. The number of likely N-dealkylation sites (tertiary alicyclic amines) is 1. The lowest BCUT2D eigenvalue weighted by Gasteiger charge is -2.47. The van der Waals surface area contributed by atoms with E-state index in [1.807, 2.05) is 0 Å². The van der Waals surface area contributed by atoms with Crippen molar-refractivity contribution >= 4 is 0 Å². The molecule has 0 aromatic rings. The minimum Gasteiger partial charge on any atom is -0.304 e. The van der Waals surface area contributed by atoms with Gasteiger partial charge in [0.2, 0.25) is 0 Å². The van der Waals surface area contributed by atoms with Gasteiger partial charge in [-0.25, -0.2) is 0 Å². The van der Waals surface area contributed by atoms with E-state index in [1.165, 1.54) is 0 Å². The lowest BCUT2D eigenvalue weighted by Crippen LogP contribution is -2.59. The Morgan fingerprint density at radius 3 is 2.12 bits per heavy atom. The van der Waals surface area contributed by atoms with Crippen molar-refractivity contribution in [1.29, 1.82) is 5.26 Å². The molecule has 2 saturated heterocycles. The van der Waals surface area contributed by atoms with Gasteiger partial charge in [0, 0.05) is 39.3 Å². The number of piperazine rings is 1. The summed E-state index contributed by atoms with van der Waals surface area (Å²) in [6.07, 6.45) is 2.03. The van der Waals surface area contributed by atoms with Crippen LogP contribution >= 0.6 is 0 Å². The van der Waals surface area contributed by atoms with Gasteiger partial charge < -0.3 is 9.80 Å². The number of hydrogen-bond acceptors (Lipinski definition) is 4. The van der Waals surface area contributed by atoms with E-state index in [1.54, 1.807) is 0 Å². The van der Waals surface area contributed by atoms with E-state index >= 15 is 0 Å². The molecule has 0 saturated carbocycles. The SMILES string of the molecule is CCN1CCC(C#N)(N2CCN(C)CC2)CC1. The monoisotopic (exact) mass is 236 g/mol. The van der Waals surface area contributed by atoms with E-state index < -0.39 is 0 Å². The molecule has 2 aliphatic heterocycles. The molecule has 0 aromatic carbocycles. The third kappa shape index (κ3) is 2.62. The Bertz CT molecular complexity index is 280. The summed E-state index contributed by atoms with van der Waals surface area (Å²) < 4.78 is 0. The first-order chi connectivity index (χ1) is 8.20. The number of nitrogens with zero attached hydrogens (tertiary/aromatic N) is 4. The molecule has 0 unspecified atom stereocenters. The molecule has 0 N–H and O–H groups in total. The number of nitriles is 1. The Hall–Kier alpha value is -0.630.